The number of ether oxygens (including phenoxy) is 4. The van der Waals surface area contributed by atoms with E-state index in [2.05, 4.69) is 102 Å². The highest BCUT2D eigenvalue weighted by Gasteiger charge is 2.52. The van der Waals surface area contributed by atoms with E-state index < -0.39 is 0 Å². The number of aryl methyl sites for hydroxylation is 2. The normalized spacial score (nSPS) is 19.0. The number of aromatic nitrogens is 10. The van der Waals surface area contributed by atoms with Crippen molar-refractivity contribution in [3.63, 3.8) is 0 Å². The zero-order chi connectivity index (χ0) is 62.4. The van der Waals surface area contributed by atoms with Gasteiger partial charge in [-0.15, -0.1) is 0 Å². The fraction of sp³-hybridized carbons (Fsp3) is 0.500. The van der Waals surface area contributed by atoms with Gasteiger partial charge in [0.25, 0.3) is 0 Å². The predicted molar refractivity (Wildman–Crippen MR) is 334 cm³/mol. The van der Waals surface area contributed by atoms with Crippen LogP contribution >= 0.6 is 11.6 Å². The molecule has 2 aromatic carbocycles. The molecule has 20 nitrogen and oxygen atoms in total. The number of rotatable bonds is 14. The van der Waals surface area contributed by atoms with E-state index in [0.717, 1.165) is 61.2 Å². The Morgan fingerprint density at radius 3 is 1.48 bits per heavy atom. The van der Waals surface area contributed by atoms with Crippen LogP contribution in [0.1, 0.15) is 133 Å². The molecule has 8 aromatic rings. The summed E-state index contributed by atoms with van der Waals surface area (Å²) in [6.07, 6.45) is 11.9. The molecule has 0 unspecified atom stereocenters. The highest BCUT2D eigenvalue weighted by molar-refractivity contribution is 6.62. The topological polar surface area (TPSA) is 193 Å². The number of hydrogen-bond acceptors (Lipinski definition) is 14. The average molecular weight is 1200 g/mol. The minimum atomic E-state index is -0.328. The van der Waals surface area contributed by atoms with E-state index in [0.29, 0.717) is 42.8 Å². The molecule has 3 saturated heterocycles. The Morgan fingerprint density at radius 2 is 1.05 bits per heavy atom. The summed E-state index contributed by atoms with van der Waals surface area (Å²) in [4.78, 5) is 38.9. The Kier molecular flexibility index (Phi) is 18.1. The van der Waals surface area contributed by atoms with E-state index in [1.54, 1.807) is 29.6 Å². The molecule has 0 spiro atoms. The van der Waals surface area contributed by atoms with Gasteiger partial charge in [-0.1, -0.05) is 35.9 Å². The number of carbonyl (C=O) groups is 2. The molecular formula is C64H84BClN12O8. The molecule has 458 valence electrons. The number of benzene rings is 2. The number of nitrogens with zero attached hydrogens (tertiary/aromatic N) is 12. The van der Waals surface area contributed by atoms with E-state index in [-0.39, 0.29) is 77.3 Å². The maximum absolute atomic E-state index is 13.0. The van der Waals surface area contributed by atoms with Crippen molar-refractivity contribution in [2.24, 2.45) is 25.9 Å². The van der Waals surface area contributed by atoms with Gasteiger partial charge in [0.15, 0.2) is 0 Å². The number of pyridine rings is 2. The zero-order valence-corrected chi connectivity index (χ0v) is 53.9. The van der Waals surface area contributed by atoms with Crippen LogP contribution in [0.2, 0.25) is 5.15 Å². The molecule has 6 aromatic heterocycles. The van der Waals surface area contributed by atoms with E-state index in [4.69, 9.17) is 44.8 Å². The molecule has 3 aliphatic heterocycles. The van der Waals surface area contributed by atoms with Crippen molar-refractivity contribution in [2.45, 2.75) is 156 Å². The van der Waals surface area contributed by atoms with Gasteiger partial charge >= 0.3 is 7.12 Å². The summed E-state index contributed by atoms with van der Waals surface area (Å²) in [7, 11) is 6.69. The van der Waals surface area contributed by atoms with Gasteiger partial charge in [0.05, 0.1) is 76.8 Å². The Bertz CT molecular complexity index is 3660. The first-order valence-electron chi connectivity index (χ1n) is 29.4. The van der Waals surface area contributed by atoms with Crippen molar-refractivity contribution in [1.82, 2.24) is 58.9 Å². The number of carbonyl (C=O) groups excluding carboxylic acids is 2. The molecule has 0 radical (unpaired) electrons. The minimum absolute atomic E-state index is 0.0186. The number of methoxy groups -OCH3 is 2. The molecule has 11 rings (SSSR count). The van der Waals surface area contributed by atoms with Crippen molar-refractivity contribution >= 4 is 57.8 Å². The van der Waals surface area contributed by atoms with Crippen molar-refractivity contribution < 1.29 is 37.8 Å². The lowest BCUT2D eigenvalue weighted by Gasteiger charge is -2.32. The van der Waals surface area contributed by atoms with Gasteiger partial charge < -0.3 is 38.1 Å². The Labute approximate surface area is 510 Å². The number of halogens is 1. The third-order valence-corrected chi connectivity index (χ3v) is 17.1. The summed E-state index contributed by atoms with van der Waals surface area (Å²) in [5.74, 6) is 2.95. The average Bonchev–Trinajstić information content (AvgIpc) is 4.06. The van der Waals surface area contributed by atoms with Crippen LogP contribution in [0.5, 0.6) is 23.3 Å². The first kappa shape index (κ1) is 63.0. The fourth-order valence-corrected chi connectivity index (χ4v) is 10.9. The standard InChI is InChI=1S/C29H36N6O3.C22H25ClN4O3.C13H23BN2O2/c1-18(20-8-10-23(37-7)11-9-20)34-15-21(12-27(34)36)19(2)38-28-24-17-33(6)32-26(24)13-25(31-28)22-14-30-35(16-22)29(3,4)5;1-13(15-5-7-17(29-4)8-6-15)27-11-16(9-21(27)28)14(2)30-22-18-12-26(3)25-19(18)10-20(23)24-22;1-11(2,3)16-9-10(8-15-16)14-17-12(4,5)13(6,7)18-14/h8-11,13-14,16-19,21H,12,15H2,1-7H3;5-8,10,12-14,16H,9,11H2,1-4H3;8-9H,1-7H3/t18-,19+,21+;13-,14+,16+;/m00./s1. The molecular weight excluding hydrogens is 1110 g/mol. The zero-order valence-electron chi connectivity index (χ0n) is 53.1. The first-order chi connectivity index (χ1) is 40.4. The van der Waals surface area contributed by atoms with Crippen molar-refractivity contribution in [3.05, 3.63) is 114 Å². The minimum Gasteiger partial charge on any atom is -0.497 e. The Balaban J connectivity index is 0.000000164. The summed E-state index contributed by atoms with van der Waals surface area (Å²) >= 11 is 6.14. The van der Waals surface area contributed by atoms with E-state index in [1.807, 2.05) is 146 Å². The molecule has 6 atom stereocenters. The number of hydrogen-bond donors (Lipinski definition) is 0. The Hall–Kier alpha value is -7.49. The second-order valence-electron chi connectivity index (χ2n) is 25.9. The van der Waals surface area contributed by atoms with Crippen LogP contribution in [0.4, 0.5) is 0 Å². The van der Waals surface area contributed by atoms with Gasteiger partial charge in [0, 0.05) is 99.9 Å². The number of likely N-dealkylation sites (tertiary alicyclic amines) is 2. The molecule has 0 bridgehead atoms. The monoisotopic (exact) mass is 1190 g/mol. The van der Waals surface area contributed by atoms with Gasteiger partial charge in [0.1, 0.15) is 34.4 Å². The summed E-state index contributed by atoms with van der Waals surface area (Å²) in [6, 6.07) is 19.3. The summed E-state index contributed by atoms with van der Waals surface area (Å²) in [5, 5.41) is 19.9. The molecule has 9 heterocycles. The number of amides is 2. The van der Waals surface area contributed by atoms with Crippen molar-refractivity contribution in [2.75, 3.05) is 27.3 Å². The van der Waals surface area contributed by atoms with Crippen molar-refractivity contribution in [3.8, 4) is 34.5 Å². The van der Waals surface area contributed by atoms with Crippen LogP contribution in [0.3, 0.4) is 0 Å². The molecule has 0 N–H and O–H groups in total. The lowest BCUT2D eigenvalue weighted by atomic mass is 9.82. The Morgan fingerprint density at radius 1 is 0.616 bits per heavy atom. The molecule has 0 aliphatic carbocycles. The number of fused-ring (bicyclic) bond motifs is 2. The van der Waals surface area contributed by atoms with Crippen molar-refractivity contribution in [1.29, 1.82) is 0 Å². The smallest absolute Gasteiger partial charge is 0.497 e. The van der Waals surface area contributed by atoms with E-state index in [1.165, 1.54) is 0 Å². The maximum atomic E-state index is 13.0. The largest absolute Gasteiger partial charge is 0.498 e. The van der Waals surface area contributed by atoms with Gasteiger partial charge in [-0.2, -0.15) is 20.4 Å². The van der Waals surface area contributed by atoms with Gasteiger partial charge in [-0.3, -0.25) is 28.3 Å². The lowest BCUT2D eigenvalue weighted by Crippen LogP contribution is -2.41. The molecule has 3 aliphatic rings. The molecule has 3 fully saturated rings. The maximum Gasteiger partial charge on any atom is 0.498 e. The predicted octanol–water partition coefficient (Wildman–Crippen LogP) is 10.9. The molecule has 86 heavy (non-hydrogen) atoms. The van der Waals surface area contributed by atoms with Gasteiger partial charge in [-0.25, -0.2) is 9.97 Å². The highest BCUT2D eigenvalue weighted by atomic mass is 35.5. The summed E-state index contributed by atoms with van der Waals surface area (Å²) in [5.41, 5.74) is 5.56. The van der Waals surface area contributed by atoms with Crippen LogP contribution in [-0.2, 0) is 44.1 Å². The van der Waals surface area contributed by atoms with Crippen LogP contribution < -0.4 is 24.4 Å². The van der Waals surface area contributed by atoms with E-state index >= 15 is 0 Å². The first-order valence-corrected chi connectivity index (χ1v) is 29.8. The molecule has 2 amide bonds. The lowest BCUT2D eigenvalue weighted by molar-refractivity contribution is -0.130. The highest BCUT2D eigenvalue weighted by Crippen LogP contribution is 2.39. The fourth-order valence-electron chi connectivity index (χ4n) is 10.7. The third kappa shape index (κ3) is 13.8. The SMILES string of the molecule is CC(C)(C)n1cc(B2OC(C)(C)C(C)(C)O2)cn1.COc1ccc([C@H](C)N2C[C@H]([C@@H](C)Oc3nc(-c4cnn(C(C)(C)C)c4)cc4nn(C)cc34)CC2=O)cc1.COc1ccc([C@H](C)N2C[C@H]([C@@H](C)Oc3nc(Cl)cc4nn(C)cc34)CC2=O)cc1. The van der Waals surface area contributed by atoms with Crippen LogP contribution in [-0.4, -0.2) is 129 Å². The molecule has 0 saturated carbocycles. The van der Waals surface area contributed by atoms with E-state index in [9.17, 15) is 9.59 Å². The second kappa shape index (κ2) is 24.7. The van der Waals surface area contributed by atoms with Crippen LogP contribution in [0, 0.1) is 11.8 Å². The summed E-state index contributed by atoms with van der Waals surface area (Å²) in [6.45, 7) is 30.3. The van der Waals surface area contributed by atoms with Gasteiger partial charge in [0.2, 0.25) is 23.6 Å². The third-order valence-electron chi connectivity index (χ3n) is 16.9. The summed E-state index contributed by atoms with van der Waals surface area (Å²) < 4.78 is 42.5. The molecule has 22 heteroatoms. The van der Waals surface area contributed by atoms with Gasteiger partial charge in [-0.05, 0) is 138 Å². The van der Waals surface area contributed by atoms with Crippen LogP contribution in [0.25, 0.3) is 33.1 Å². The van der Waals surface area contributed by atoms with Crippen LogP contribution in [0.15, 0.2) is 97.8 Å². The quantitative estimate of drug-likeness (QED) is 0.0737. The second-order valence-corrected chi connectivity index (χ2v) is 26.3.